The Hall–Kier alpha value is -1.29. The fraction of sp³-hybridized carbons (Fsp3) is 0.500. The van der Waals surface area contributed by atoms with Crippen LogP contribution in [0.15, 0.2) is 18.5 Å². The van der Waals surface area contributed by atoms with Crippen molar-refractivity contribution in [3.8, 4) is 0 Å². The largest absolute Gasteiger partial charge is 0.397 e. The van der Waals surface area contributed by atoms with Crippen molar-refractivity contribution in [2.75, 3.05) is 24.1 Å². The molecule has 0 atom stereocenters. The molecule has 1 aromatic heterocycles. The summed E-state index contributed by atoms with van der Waals surface area (Å²) in [6.45, 7) is 2.16. The molecule has 0 amide bonds. The summed E-state index contributed by atoms with van der Waals surface area (Å²) in [6.07, 6.45) is 5.79. The first-order valence-electron chi connectivity index (χ1n) is 5.03. The number of nitrogens with one attached hydrogen (secondary N) is 2. The van der Waals surface area contributed by atoms with E-state index in [0.29, 0.717) is 6.04 Å². The van der Waals surface area contributed by atoms with Gasteiger partial charge in [0.2, 0.25) is 0 Å². The summed E-state index contributed by atoms with van der Waals surface area (Å²) >= 11 is 0. The maximum Gasteiger partial charge on any atom is 0.0762 e. The van der Waals surface area contributed by atoms with Gasteiger partial charge in [0.15, 0.2) is 0 Å². The van der Waals surface area contributed by atoms with Gasteiger partial charge in [-0.05, 0) is 32.0 Å². The molecule has 1 saturated heterocycles. The van der Waals surface area contributed by atoms with Gasteiger partial charge in [-0.25, -0.2) is 0 Å². The van der Waals surface area contributed by atoms with Gasteiger partial charge >= 0.3 is 0 Å². The molecule has 0 unspecified atom stereocenters. The van der Waals surface area contributed by atoms with Crippen molar-refractivity contribution >= 4 is 11.4 Å². The highest BCUT2D eigenvalue weighted by Crippen LogP contribution is 2.18. The minimum absolute atomic E-state index is 0.530. The third kappa shape index (κ3) is 2.14. The highest BCUT2D eigenvalue weighted by molar-refractivity contribution is 5.64. The number of nitrogens with two attached hydrogens (primary N) is 1. The van der Waals surface area contributed by atoms with Gasteiger partial charge < -0.3 is 16.4 Å². The van der Waals surface area contributed by atoms with Crippen LogP contribution in [0.4, 0.5) is 11.4 Å². The molecular weight excluding hydrogens is 176 g/mol. The molecule has 1 aliphatic heterocycles. The van der Waals surface area contributed by atoms with E-state index in [1.165, 1.54) is 0 Å². The van der Waals surface area contributed by atoms with Crippen molar-refractivity contribution in [2.45, 2.75) is 18.9 Å². The average Bonchev–Trinajstić information content (AvgIpc) is 2.23. The van der Waals surface area contributed by atoms with E-state index >= 15 is 0 Å². The summed E-state index contributed by atoms with van der Waals surface area (Å²) in [5.74, 6) is 0. The van der Waals surface area contributed by atoms with Crippen LogP contribution in [0.25, 0.3) is 0 Å². The number of hydrogen-bond donors (Lipinski definition) is 3. The van der Waals surface area contributed by atoms with Crippen molar-refractivity contribution in [3.63, 3.8) is 0 Å². The highest BCUT2D eigenvalue weighted by atomic mass is 15.0. The number of piperidine rings is 1. The van der Waals surface area contributed by atoms with Crippen LogP contribution >= 0.6 is 0 Å². The van der Waals surface area contributed by atoms with Crippen molar-refractivity contribution in [2.24, 2.45) is 0 Å². The van der Waals surface area contributed by atoms with E-state index in [1.54, 1.807) is 12.4 Å². The molecule has 1 aliphatic rings. The Morgan fingerprint density at radius 2 is 2.21 bits per heavy atom. The van der Waals surface area contributed by atoms with Crippen LogP contribution in [0, 0.1) is 0 Å². The topological polar surface area (TPSA) is 63.0 Å². The predicted molar refractivity (Wildman–Crippen MR) is 58.2 cm³/mol. The zero-order valence-electron chi connectivity index (χ0n) is 8.16. The van der Waals surface area contributed by atoms with Crippen LogP contribution in [0.3, 0.4) is 0 Å². The normalized spacial score (nSPS) is 18.0. The van der Waals surface area contributed by atoms with Gasteiger partial charge in [0.25, 0.3) is 0 Å². The molecule has 14 heavy (non-hydrogen) atoms. The number of nitrogen functional groups attached to an aromatic ring is 1. The summed E-state index contributed by atoms with van der Waals surface area (Å²) in [6, 6.07) is 2.35. The zero-order valence-corrected chi connectivity index (χ0v) is 8.16. The summed E-state index contributed by atoms with van der Waals surface area (Å²) < 4.78 is 0. The monoisotopic (exact) mass is 192 g/mol. The van der Waals surface area contributed by atoms with E-state index in [0.717, 1.165) is 37.3 Å². The number of nitrogens with zero attached hydrogens (tertiary/aromatic N) is 1. The van der Waals surface area contributed by atoms with Crippen LogP contribution in [0.2, 0.25) is 0 Å². The summed E-state index contributed by atoms with van der Waals surface area (Å²) in [4.78, 5) is 4.05. The number of pyridine rings is 1. The molecule has 0 radical (unpaired) electrons. The van der Waals surface area contributed by atoms with Gasteiger partial charge in [0.1, 0.15) is 0 Å². The van der Waals surface area contributed by atoms with Gasteiger partial charge in [-0.1, -0.05) is 0 Å². The second-order valence-corrected chi connectivity index (χ2v) is 3.63. The van der Waals surface area contributed by atoms with Gasteiger partial charge in [-0.15, -0.1) is 0 Å². The molecule has 4 heteroatoms. The molecule has 2 rings (SSSR count). The average molecular weight is 192 g/mol. The number of anilines is 2. The van der Waals surface area contributed by atoms with Gasteiger partial charge in [0, 0.05) is 12.2 Å². The van der Waals surface area contributed by atoms with E-state index in [1.807, 2.05) is 6.07 Å². The molecule has 4 N–H and O–H groups in total. The number of rotatable bonds is 2. The lowest BCUT2D eigenvalue weighted by atomic mass is 10.1. The minimum atomic E-state index is 0.530. The molecule has 76 valence electrons. The first-order valence-corrected chi connectivity index (χ1v) is 5.03. The molecule has 4 nitrogen and oxygen atoms in total. The van der Waals surface area contributed by atoms with Crippen molar-refractivity contribution in [1.29, 1.82) is 0 Å². The van der Waals surface area contributed by atoms with Gasteiger partial charge in [-0.3, -0.25) is 4.98 Å². The van der Waals surface area contributed by atoms with E-state index in [9.17, 15) is 0 Å². The summed E-state index contributed by atoms with van der Waals surface area (Å²) in [5, 5.41) is 6.75. The molecule has 0 saturated carbocycles. The van der Waals surface area contributed by atoms with Crippen LogP contribution in [-0.4, -0.2) is 24.1 Å². The molecule has 0 spiro atoms. The number of aromatic nitrogens is 1. The quantitative estimate of drug-likeness (QED) is 0.649. The predicted octanol–water partition coefficient (Wildman–Crippen LogP) is 0.828. The third-order valence-corrected chi connectivity index (χ3v) is 2.55. The lowest BCUT2D eigenvalue weighted by Gasteiger charge is -2.25. The van der Waals surface area contributed by atoms with Crippen LogP contribution < -0.4 is 16.4 Å². The van der Waals surface area contributed by atoms with Gasteiger partial charge in [-0.2, -0.15) is 0 Å². The summed E-state index contributed by atoms with van der Waals surface area (Å²) in [5.41, 5.74) is 7.55. The van der Waals surface area contributed by atoms with E-state index in [-0.39, 0.29) is 0 Å². The Balaban J connectivity index is 1.99. The third-order valence-electron chi connectivity index (χ3n) is 2.55. The van der Waals surface area contributed by atoms with E-state index in [4.69, 9.17) is 5.73 Å². The lowest BCUT2D eigenvalue weighted by molar-refractivity contribution is 0.479. The Morgan fingerprint density at radius 1 is 1.43 bits per heavy atom. The Morgan fingerprint density at radius 3 is 2.93 bits per heavy atom. The Kier molecular flexibility index (Phi) is 2.84. The first kappa shape index (κ1) is 9.27. The molecular formula is C10H16N4. The smallest absolute Gasteiger partial charge is 0.0762 e. The van der Waals surface area contributed by atoms with Crippen molar-refractivity contribution < 1.29 is 0 Å². The Bertz CT molecular complexity index is 294. The van der Waals surface area contributed by atoms with Crippen molar-refractivity contribution in [3.05, 3.63) is 18.5 Å². The molecule has 0 aliphatic carbocycles. The molecule has 0 aromatic carbocycles. The maximum absolute atomic E-state index is 5.82. The highest BCUT2D eigenvalue weighted by Gasteiger charge is 2.13. The first-order chi connectivity index (χ1) is 6.86. The summed E-state index contributed by atoms with van der Waals surface area (Å²) in [7, 11) is 0. The lowest BCUT2D eigenvalue weighted by Crippen LogP contribution is -2.35. The molecule has 1 fully saturated rings. The van der Waals surface area contributed by atoms with Gasteiger partial charge in [0.05, 0.1) is 17.6 Å². The fourth-order valence-corrected chi connectivity index (χ4v) is 1.71. The zero-order chi connectivity index (χ0) is 9.80. The SMILES string of the molecule is Nc1ccncc1NC1CCNCC1. The molecule has 2 heterocycles. The van der Waals surface area contributed by atoms with E-state index < -0.39 is 0 Å². The van der Waals surface area contributed by atoms with Crippen molar-refractivity contribution in [1.82, 2.24) is 10.3 Å². The minimum Gasteiger partial charge on any atom is -0.397 e. The fourth-order valence-electron chi connectivity index (χ4n) is 1.71. The second-order valence-electron chi connectivity index (χ2n) is 3.63. The van der Waals surface area contributed by atoms with Crippen LogP contribution in [0.1, 0.15) is 12.8 Å². The molecule has 1 aromatic rings. The van der Waals surface area contributed by atoms with Crippen LogP contribution in [0.5, 0.6) is 0 Å². The second kappa shape index (κ2) is 4.28. The standard InChI is InChI=1S/C10H16N4/c11-9-3-6-13-7-10(9)14-8-1-4-12-5-2-8/h3,6-8,12,14H,1-2,4-5H2,(H2,11,13). The molecule has 0 bridgehead atoms. The van der Waals surface area contributed by atoms with E-state index in [2.05, 4.69) is 15.6 Å². The number of hydrogen-bond acceptors (Lipinski definition) is 4. The Labute approximate surface area is 83.9 Å². The van der Waals surface area contributed by atoms with Crippen LogP contribution in [-0.2, 0) is 0 Å². The maximum atomic E-state index is 5.82.